The molecule has 134 valence electrons. The Morgan fingerprint density at radius 3 is 2.64 bits per heavy atom. The molecule has 1 atom stereocenters. The average molecular weight is 359 g/mol. The third-order valence-electron chi connectivity index (χ3n) is 4.71. The summed E-state index contributed by atoms with van der Waals surface area (Å²) in [7, 11) is 0. The zero-order chi connectivity index (χ0) is 17.8. The number of aromatic nitrogens is 1. The number of thiazole rings is 1. The van der Waals surface area contributed by atoms with Crippen LogP contribution in [0.2, 0.25) is 0 Å². The lowest BCUT2D eigenvalue weighted by Gasteiger charge is -2.33. The number of carbonyl (C=O) groups excluding carboxylic acids is 1. The molecule has 0 saturated carbocycles. The molecule has 6 heteroatoms. The first-order valence-electron chi connectivity index (χ1n) is 8.82. The lowest BCUT2D eigenvalue weighted by molar-refractivity contribution is 0.0676. The summed E-state index contributed by atoms with van der Waals surface area (Å²) in [6, 6.07) is 8.02. The molecule has 1 aliphatic heterocycles. The molecule has 1 saturated heterocycles. The molecular weight excluding hydrogens is 334 g/mol. The maximum Gasteiger partial charge on any atom is 0.273 e. The van der Waals surface area contributed by atoms with Crippen LogP contribution in [0.15, 0.2) is 29.6 Å². The molecule has 1 aromatic heterocycles. The van der Waals surface area contributed by atoms with E-state index >= 15 is 0 Å². The van der Waals surface area contributed by atoms with Crippen LogP contribution in [0, 0.1) is 5.92 Å². The fourth-order valence-corrected chi connectivity index (χ4v) is 3.96. The topological polar surface area (TPSA) is 68.5 Å². The molecule has 0 radical (unpaired) electrons. The number of benzene rings is 1. The highest BCUT2D eigenvalue weighted by Gasteiger charge is 2.26. The average Bonchev–Trinajstić information content (AvgIpc) is 3.12. The Hall–Kier alpha value is -1.92. The van der Waals surface area contributed by atoms with E-state index in [4.69, 9.17) is 10.5 Å². The number of ether oxygens (including phenoxy) is 1. The maximum atomic E-state index is 12.7. The third kappa shape index (κ3) is 4.19. The number of hydrogen-bond acceptors (Lipinski definition) is 5. The smallest absolute Gasteiger partial charge is 0.273 e. The van der Waals surface area contributed by atoms with Crippen molar-refractivity contribution in [2.24, 2.45) is 11.7 Å². The number of nitrogens with zero attached hydrogens (tertiary/aromatic N) is 2. The van der Waals surface area contributed by atoms with Gasteiger partial charge in [0, 0.05) is 30.1 Å². The zero-order valence-electron chi connectivity index (χ0n) is 14.8. The predicted molar refractivity (Wildman–Crippen MR) is 101 cm³/mol. The summed E-state index contributed by atoms with van der Waals surface area (Å²) in [4.78, 5) is 19.1. The van der Waals surface area contributed by atoms with Crippen molar-refractivity contribution in [3.63, 3.8) is 0 Å². The van der Waals surface area contributed by atoms with E-state index in [1.165, 1.54) is 11.3 Å². The Bertz CT molecular complexity index is 704. The Labute approximate surface area is 152 Å². The van der Waals surface area contributed by atoms with Crippen molar-refractivity contribution in [1.29, 1.82) is 0 Å². The molecule has 2 N–H and O–H groups in total. The molecule has 2 heterocycles. The monoisotopic (exact) mass is 359 g/mol. The molecule has 0 spiro atoms. The van der Waals surface area contributed by atoms with E-state index in [9.17, 15) is 4.79 Å². The van der Waals surface area contributed by atoms with Crippen molar-refractivity contribution in [3.05, 3.63) is 35.3 Å². The lowest BCUT2D eigenvalue weighted by atomic mass is 9.91. The minimum atomic E-state index is 0.0246. The number of hydrogen-bond donors (Lipinski definition) is 1. The molecule has 1 fully saturated rings. The highest BCUT2D eigenvalue weighted by atomic mass is 32.1. The number of nitrogens with two attached hydrogens (primary N) is 1. The van der Waals surface area contributed by atoms with Gasteiger partial charge in [0.1, 0.15) is 16.5 Å². The molecule has 0 aliphatic carbocycles. The van der Waals surface area contributed by atoms with E-state index in [2.05, 4.69) is 4.98 Å². The highest BCUT2D eigenvalue weighted by molar-refractivity contribution is 7.13. The molecule has 3 rings (SSSR count). The van der Waals surface area contributed by atoms with Gasteiger partial charge in [0.05, 0.1) is 6.61 Å². The van der Waals surface area contributed by atoms with Gasteiger partial charge < -0.3 is 15.4 Å². The molecule has 25 heavy (non-hydrogen) atoms. The van der Waals surface area contributed by atoms with Gasteiger partial charge in [-0.3, -0.25) is 4.79 Å². The number of rotatable bonds is 5. The molecule has 1 aromatic carbocycles. The van der Waals surface area contributed by atoms with E-state index < -0.39 is 0 Å². The Morgan fingerprint density at radius 2 is 2.04 bits per heavy atom. The third-order valence-corrected chi connectivity index (χ3v) is 5.60. The largest absolute Gasteiger partial charge is 0.494 e. The van der Waals surface area contributed by atoms with E-state index in [-0.39, 0.29) is 11.9 Å². The molecule has 1 aliphatic rings. The maximum absolute atomic E-state index is 12.7. The van der Waals surface area contributed by atoms with Gasteiger partial charge >= 0.3 is 0 Å². The molecule has 1 amide bonds. The zero-order valence-corrected chi connectivity index (χ0v) is 15.6. The van der Waals surface area contributed by atoms with Crippen molar-refractivity contribution >= 4 is 17.2 Å². The second-order valence-electron chi connectivity index (χ2n) is 6.48. The van der Waals surface area contributed by atoms with Crippen LogP contribution in [0.3, 0.4) is 0 Å². The van der Waals surface area contributed by atoms with Crippen molar-refractivity contribution in [2.75, 3.05) is 19.7 Å². The van der Waals surface area contributed by atoms with Crippen molar-refractivity contribution < 1.29 is 9.53 Å². The van der Waals surface area contributed by atoms with Crippen LogP contribution in [0.5, 0.6) is 5.75 Å². The first-order valence-corrected chi connectivity index (χ1v) is 9.70. The summed E-state index contributed by atoms with van der Waals surface area (Å²) >= 11 is 1.50. The van der Waals surface area contributed by atoms with E-state index in [1.54, 1.807) is 0 Å². The number of likely N-dealkylation sites (tertiary alicyclic amines) is 1. The first-order chi connectivity index (χ1) is 12.1. The lowest BCUT2D eigenvalue weighted by Crippen LogP contribution is -2.42. The van der Waals surface area contributed by atoms with Crippen molar-refractivity contribution in [1.82, 2.24) is 9.88 Å². The number of amides is 1. The SMILES string of the molecule is CCOc1ccc(-c2nc(C(=O)N3CCC(C(C)N)CC3)cs2)cc1. The van der Waals surface area contributed by atoms with E-state index in [0.29, 0.717) is 18.2 Å². The highest BCUT2D eigenvalue weighted by Crippen LogP contribution is 2.27. The Morgan fingerprint density at radius 1 is 1.36 bits per heavy atom. The van der Waals surface area contributed by atoms with Crippen LogP contribution in [-0.4, -0.2) is 41.5 Å². The second kappa shape index (κ2) is 7.97. The molecule has 5 nitrogen and oxygen atoms in total. The van der Waals surface area contributed by atoms with Gasteiger partial charge in [0.15, 0.2) is 0 Å². The van der Waals surface area contributed by atoms with Gasteiger partial charge in [-0.05, 0) is 56.9 Å². The summed E-state index contributed by atoms with van der Waals surface area (Å²) in [6.07, 6.45) is 1.94. The number of piperidine rings is 1. The summed E-state index contributed by atoms with van der Waals surface area (Å²) in [6.45, 7) is 6.19. The standard InChI is InChI=1S/C19H25N3O2S/c1-3-24-16-6-4-15(5-7-16)18-21-17(12-25-18)19(23)22-10-8-14(9-11-22)13(2)20/h4-7,12-14H,3,8-11,20H2,1-2H3. The Balaban J connectivity index is 1.66. The predicted octanol–water partition coefficient (Wildman–Crippen LogP) is 3.41. The molecular formula is C19H25N3O2S. The minimum absolute atomic E-state index is 0.0246. The van der Waals surface area contributed by atoms with Crippen molar-refractivity contribution in [2.45, 2.75) is 32.7 Å². The quantitative estimate of drug-likeness (QED) is 0.888. The van der Waals surface area contributed by atoms with Gasteiger partial charge in [-0.2, -0.15) is 0 Å². The normalized spacial score (nSPS) is 16.7. The fourth-order valence-electron chi connectivity index (χ4n) is 3.16. The van der Waals surface area contributed by atoms with Gasteiger partial charge in [-0.25, -0.2) is 4.98 Å². The minimum Gasteiger partial charge on any atom is -0.494 e. The van der Waals surface area contributed by atoms with E-state index in [1.807, 2.05) is 48.4 Å². The molecule has 0 bridgehead atoms. The van der Waals surface area contributed by atoms with Gasteiger partial charge in [-0.15, -0.1) is 11.3 Å². The van der Waals surface area contributed by atoms with Crippen LogP contribution >= 0.6 is 11.3 Å². The number of carbonyl (C=O) groups is 1. The fraction of sp³-hybridized carbons (Fsp3) is 0.474. The van der Waals surface area contributed by atoms with Gasteiger partial charge in [0.2, 0.25) is 0 Å². The van der Waals surface area contributed by atoms with Crippen LogP contribution in [0.25, 0.3) is 10.6 Å². The van der Waals surface area contributed by atoms with Crippen molar-refractivity contribution in [3.8, 4) is 16.3 Å². The summed E-state index contributed by atoms with van der Waals surface area (Å²) < 4.78 is 5.46. The van der Waals surface area contributed by atoms with Gasteiger partial charge in [-0.1, -0.05) is 0 Å². The molecule has 2 aromatic rings. The first kappa shape index (κ1) is 17.9. The van der Waals surface area contributed by atoms with Crippen LogP contribution in [-0.2, 0) is 0 Å². The summed E-state index contributed by atoms with van der Waals surface area (Å²) in [5, 5.41) is 2.71. The molecule has 1 unspecified atom stereocenters. The van der Waals surface area contributed by atoms with E-state index in [0.717, 1.165) is 42.3 Å². The van der Waals surface area contributed by atoms with Crippen LogP contribution < -0.4 is 10.5 Å². The Kier molecular flexibility index (Phi) is 5.71. The second-order valence-corrected chi connectivity index (χ2v) is 7.34. The summed E-state index contributed by atoms with van der Waals surface area (Å²) in [5.41, 5.74) is 7.51. The van der Waals surface area contributed by atoms with Crippen LogP contribution in [0.1, 0.15) is 37.2 Å². The van der Waals surface area contributed by atoms with Crippen LogP contribution in [0.4, 0.5) is 0 Å². The van der Waals surface area contributed by atoms with Gasteiger partial charge in [0.25, 0.3) is 5.91 Å². The summed E-state index contributed by atoms with van der Waals surface area (Å²) in [5.74, 6) is 1.38.